The minimum absolute atomic E-state index is 0. The molecule has 0 fully saturated rings. The number of hydrogen-bond acceptors (Lipinski definition) is 2. The molecular weight excluding hydrogens is 400 g/mol. The first-order valence-corrected chi connectivity index (χ1v) is 10.5. The van der Waals surface area contributed by atoms with Crippen molar-refractivity contribution in [3.05, 3.63) is 77.4 Å². The Bertz CT molecular complexity index is 1460. The lowest BCUT2D eigenvalue weighted by Gasteiger charge is -2.28. The van der Waals surface area contributed by atoms with Crippen molar-refractivity contribution in [3.8, 4) is 5.75 Å². The fourth-order valence-corrected chi connectivity index (χ4v) is 5.99. The molecule has 7 rings (SSSR count). The molecule has 5 heterocycles. The molecule has 1 unspecified atom stereocenters. The molecule has 0 radical (unpaired) electrons. The van der Waals surface area contributed by atoms with Crippen LogP contribution in [0.5, 0.6) is 5.75 Å². The van der Waals surface area contributed by atoms with Crippen LogP contribution in [0.15, 0.2) is 66.9 Å². The number of hydrogen-bond donors (Lipinski definition) is 0. The number of rotatable bonds is 0. The van der Waals surface area contributed by atoms with Crippen LogP contribution < -0.4 is 21.7 Å². The van der Waals surface area contributed by atoms with E-state index >= 15 is 0 Å². The molecule has 0 saturated carbocycles. The fraction of sp³-hybridized carbons (Fsp3) is 0.125. The highest BCUT2D eigenvalue weighted by molar-refractivity contribution is 7.19. The number of fused-ring (bicyclic) bond motifs is 10. The molecule has 0 N–H and O–H groups in total. The summed E-state index contributed by atoms with van der Waals surface area (Å²) in [4.78, 5) is 0. The van der Waals surface area contributed by atoms with E-state index in [1.165, 1.54) is 42.8 Å². The minimum atomic E-state index is 0. The molecule has 1 atom stereocenters. The molecule has 2 aromatic carbocycles. The number of benzene rings is 2. The number of pyridine rings is 1. The Balaban J connectivity index is 0.00000165. The Morgan fingerprint density at radius 2 is 1.86 bits per heavy atom. The Hall–Kier alpha value is -2.82. The Morgan fingerprint density at radius 3 is 2.83 bits per heavy atom. The smallest absolute Gasteiger partial charge is 0.269 e. The molecule has 0 aliphatic carbocycles. The lowest BCUT2D eigenvalue weighted by molar-refractivity contribution is -0.673. The molecule has 0 saturated heterocycles. The van der Waals surface area contributed by atoms with Gasteiger partial charge in [0.1, 0.15) is 16.6 Å². The van der Waals surface area contributed by atoms with Crippen LogP contribution in [0.25, 0.3) is 38.3 Å². The molecule has 2 aliphatic rings. The summed E-state index contributed by atoms with van der Waals surface area (Å²) in [6.45, 7) is 1.01. The van der Waals surface area contributed by atoms with Gasteiger partial charge in [-0.2, -0.15) is 4.57 Å². The summed E-state index contributed by atoms with van der Waals surface area (Å²) >= 11 is 1.88. The van der Waals surface area contributed by atoms with Crippen LogP contribution >= 0.6 is 11.3 Å². The lowest BCUT2D eigenvalue weighted by Crippen LogP contribution is -3.00. The normalized spacial score (nSPS) is 17.2. The van der Waals surface area contributed by atoms with Crippen molar-refractivity contribution < 1.29 is 21.7 Å². The number of halogens is 1. The molecule has 5 aromatic rings. The highest BCUT2D eigenvalue weighted by Crippen LogP contribution is 2.42. The van der Waals surface area contributed by atoms with Crippen LogP contribution in [0, 0.1) is 0 Å². The summed E-state index contributed by atoms with van der Waals surface area (Å²) in [5.74, 6) is 0.999. The summed E-state index contributed by atoms with van der Waals surface area (Å²) in [5.41, 5.74) is 6.29. The second-order valence-electron chi connectivity index (χ2n) is 7.57. The summed E-state index contributed by atoms with van der Waals surface area (Å²) in [6, 6.07) is 21.6. The zero-order valence-electron chi connectivity index (χ0n) is 15.5. The van der Waals surface area contributed by atoms with E-state index in [9.17, 15) is 0 Å². The van der Waals surface area contributed by atoms with Crippen molar-refractivity contribution in [1.82, 2.24) is 4.40 Å². The Kier molecular flexibility index (Phi) is 3.58. The molecule has 0 bridgehead atoms. The molecular formula is C24H17ClN2OS. The highest BCUT2D eigenvalue weighted by Gasteiger charge is 2.38. The summed E-state index contributed by atoms with van der Waals surface area (Å²) in [7, 11) is 0. The number of para-hydroxylation sites is 2. The van der Waals surface area contributed by atoms with E-state index in [4.69, 9.17) is 4.74 Å². The number of aryl methyl sites for hydroxylation is 1. The lowest BCUT2D eigenvalue weighted by atomic mass is 9.97. The van der Waals surface area contributed by atoms with Crippen molar-refractivity contribution in [2.75, 3.05) is 0 Å². The van der Waals surface area contributed by atoms with Gasteiger partial charge < -0.3 is 21.5 Å². The van der Waals surface area contributed by atoms with Gasteiger partial charge in [0, 0.05) is 29.6 Å². The molecule has 2 aliphatic heterocycles. The summed E-state index contributed by atoms with van der Waals surface area (Å²) in [5, 5.41) is 2.60. The van der Waals surface area contributed by atoms with Gasteiger partial charge in [0.25, 0.3) is 5.01 Å². The second kappa shape index (κ2) is 6.09. The van der Waals surface area contributed by atoms with Crippen LogP contribution in [0.2, 0.25) is 0 Å². The van der Waals surface area contributed by atoms with Gasteiger partial charge in [-0.3, -0.25) is 0 Å². The number of thiazole rings is 1. The average molecular weight is 417 g/mol. The van der Waals surface area contributed by atoms with Crippen molar-refractivity contribution in [2.24, 2.45) is 0 Å². The van der Waals surface area contributed by atoms with Crippen molar-refractivity contribution in [3.63, 3.8) is 0 Å². The van der Waals surface area contributed by atoms with Gasteiger partial charge in [-0.15, -0.1) is 0 Å². The average Bonchev–Trinajstić information content (AvgIpc) is 3.31. The molecule has 5 heteroatoms. The summed E-state index contributed by atoms with van der Waals surface area (Å²) < 4.78 is 12.6. The van der Waals surface area contributed by atoms with E-state index in [2.05, 4.69) is 81.9 Å². The monoisotopic (exact) mass is 416 g/mol. The third-order valence-electron chi connectivity index (χ3n) is 6.05. The molecule has 142 valence electrons. The van der Waals surface area contributed by atoms with E-state index in [1.807, 2.05) is 11.3 Å². The maximum absolute atomic E-state index is 6.50. The molecule has 3 aromatic heterocycles. The first-order chi connectivity index (χ1) is 13.9. The van der Waals surface area contributed by atoms with Crippen LogP contribution in [-0.2, 0) is 6.54 Å². The van der Waals surface area contributed by atoms with Crippen molar-refractivity contribution >= 4 is 49.6 Å². The topological polar surface area (TPSA) is 17.5 Å². The van der Waals surface area contributed by atoms with Gasteiger partial charge in [-0.25, -0.2) is 0 Å². The van der Waals surface area contributed by atoms with E-state index in [0.717, 1.165) is 18.7 Å². The van der Waals surface area contributed by atoms with Crippen molar-refractivity contribution in [1.29, 1.82) is 0 Å². The maximum Gasteiger partial charge on any atom is 0.269 e. The standard InChI is InChI=1S/C24H17N2OS.ClH/c1-2-6-18-15(5-1)13-20-16-14-17-22(27-21(16)9-11-25(18)20)10-12-26-19-7-3-4-8-23(19)28-24(17)26;/h1-9,11,13-14,22H,10,12H2;1H/q+1;/p-1. The van der Waals surface area contributed by atoms with Gasteiger partial charge in [-0.05, 0) is 30.3 Å². The Labute approximate surface area is 177 Å². The highest BCUT2D eigenvalue weighted by atomic mass is 35.5. The van der Waals surface area contributed by atoms with E-state index in [0.29, 0.717) is 0 Å². The molecule has 29 heavy (non-hydrogen) atoms. The van der Waals surface area contributed by atoms with E-state index in [1.54, 1.807) is 0 Å². The van der Waals surface area contributed by atoms with E-state index < -0.39 is 0 Å². The van der Waals surface area contributed by atoms with E-state index in [-0.39, 0.29) is 18.5 Å². The molecule has 3 nitrogen and oxygen atoms in total. The number of ether oxygens (including phenoxy) is 1. The predicted octanol–water partition coefficient (Wildman–Crippen LogP) is 2.30. The molecule has 0 amide bonds. The van der Waals surface area contributed by atoms with Crippen LogP contribution in [-0.4, -0.2) is 10.5 Å². The van der Waals surface area contributed by atoms with Crippen LogP contribution in [0.4, 0.5) is 0 Å². The SMILES string of the molecule is C1=C2c3sc4ccccc4[n+]3CCC2Oc2ccn3c(cc4ccccc43)c21.[Cl-]. The van der Waals surface area contributed by atoms with Gasteiger partial charge in [0.2, 0.25) is 5.52 Å². The number of aromatic nitrogens is 2. The van der Waals surface area contributed by atoms with Gasteiger partial charge >= 0.3 is 0 Å². The van der Waals surface area contributed by atoms with Crippen molar-refractivity contribution in [2.45, 2.75) is 19.1 Å². The van der Waals surface area contributed by atoms with Crippen LogP contribution in [0.3, 0.4) is 0 Å². The van der Waals surface area contributed by atoms with Crippen LogP contribution in [0.1, 0.15) is 17.0 Å². The Morgan fingerprint density at radius 1 is 1.00 bits per heavy atom. The minimum Gasteiger partial charge on any atom is -1.00 e. The third-order valence-corrected chi connectivity index (χ3v) is 7.26. The third kappa shape index (κ3) is 2.27. The maximum atomic E-state index is 6.50. The quantitative estimate of drug-likeness (QED) is 0.354. The number of nitrogens with zero attached hydrogens (tertiary/aromatic N) is 2. The van der Waals surface area contributed by atoms with Gasteiger partial charge in [0.15, 0.2) is 6.54 Å². The zero-order valence-corrected chi connectivity index (χ0v) is 17.1. The first kappa shape index (κ1) is 17.1. The second-order valence-corrected chi connectivity index (χ2v) is 8.60. The fourth-order valence-electron chi connectivity index (χ4n) is 4.75. The first-order valence-electron chi connectivity index (χ1n) is 9.70. The zero-order chi connectivity index (χ0) is 18.2. The largest absolute Gasteiger partial charge is 1.00 e. The van der Waals surface area contributed by atoms with Gasteiger partial charge in [-0.1, -0.05) is 41.7 Å². The van der Waals surface area contributed by atoms with Gasteiger partial charge in [0.05, 0.1) is 16.6 Å². The predicted molar refractivity (Wildman–Crippen MR) is 114 cm³/mol. The summed E-state index contributed by atoms with van der Waals surface area (Å²) in [6.07, 6.45) is 5.67. The molecule has 0 spiro atoms.